The van der Waals surface area contributed by atoms with Gasteiger partial charge in [0, 0.05) is 26.2 Å². The van der Waals surface area contributed by atoms with Gasteiger partial charge in [-0.25, -0.2) is 0 Å². The average Bonchev–Trinajstić information content (AvgIpc) is 2.55. The minimum Gasteiger partial charge on any atom is -0.394 e. The molecule has 4 bridgehead atoms. The quantitative estimate of drug-likeness (QED) is 0.460. The van der Waals surface area contributed by atoms with E-state index in [4.69, 9.17) is 5.11 Å². The predicted octanol–water partition coefficient (Wildman–Crippen LogP) is -1.22. The van der Waals surface area contributed by atoms with Crippen LogP contribution in [0.1, 0.15) is 33.1 Å². The monoisotopic (exact) mass is 342 g/mol. The Bertz CT molecular complexity index is 483. The molecule has 4 aliphatic rings. The Morgan fingerprint density at radius 3 is 2.25 bits per heavy atom. The van der Waals surface area contributed by atoms with Gasteiger partial charge >= 0.3 is 0 Å². The molecular weight excluding hydrogens is 312 g/mol. The maximum atomic E-state index is 13.0. The fourth-order valence-corrected chi connectivity index (χ4v) is 5.15. The molecule has 0 radical (unpaired) electrons. The number of rotatable bonds is 7. The Balaban J connectivity index is 1.84. The highest BCUT2D eigenvalue weighted by atomic mass is 16.4. The number of Topliss-reactive ketones (excluding diaryl/α,β-unsaturated/α-hetero) is 1. The van der Waals surface area contributed by atoms with E-state index in [9.17, 15) is 20.1 Å². The van der Waals surface area contributed by atoms with Gasteiger partial charge in [-0.1, -0.05) is 26.7 Å². The van der Waals surface area contributed by atoms with E-state index in [1.165, 1.54) is 0 Å². The molecule has 7 heteroatoms. The molecule has 0 aromatic rings. The van der Waals surface area contributed by atoms with Crippen LogP contribution in [-0.2, 0) is 4.79 Å². The topological polar surface area (TPSA) is 104 Å². The molecule has 24 heavy (non-hydrogen) atoms. The van der Waals surface area contributed by atoms with Crippen LogP contribution in [0.25, 0.3) is 0 Å². The van der Waals surface area contributed by atoms with Crippen molar-refractivity contribution in [1.29, 1.82) is 0 Å². The number of carbonyl (C=O) groups is 1. The molecule has 4 heterocycles. The minimum atomic E-state index is -1.41. The second-order valence-electron chi connectivity index (χ2n) is 8.23. The van der Waals surface area contributed by atoms with Crippen LogP contribution in [0.2, 0.25) is 0 Å². The molecule has 0 aromatic carbocycles. The van der Waals surface area contributed by atoms with E-state index in [0.717, 1.165) is 19.3 Å². The van der Waals surface area contributed by atoms with Crippen molar-refractivity contribution in [2.45, 2.75) is 57.6 Å². The molecule has 138 valence electrons. The van der Waals surface area contributed by atoms with E-state index in [1.54, 1.807) is 0 Å². The van der Waals surface area contributed by atoms with E-state index in [0.29, 0.717) is 32.0 Å². The van der Waals surface area contributed by atoms with Crippen LogP contribution in [-0.4, -0.2) is 93.3 Å². The van der Waals surface area contributed by atoms with Crippen LogP contribution in [0.3, 0.4) is 0 Å². The van der Waals surface area contributed by atoms with Crippen LogP contribution in [0.15, 0.2) is 0 Å². The first kappa shape index (κ1) is 18.2. The summed E-state index contributed by atoms with van der Waals surface area (Å²) >= 11 is 0. The first-order valence-corrected chi connectivity index (χ1v) is 8.96. The molecule has 4 saturated heterocycles. The fraction of sp³-hybridized carbons (Fsp3) is 0.941. The maximum absolute atomic E-state index is 13.0. The summed E-state index contributed by atoms with van der Waals surface area (Å²) in [6.45, 7) is 5.85. The van der Waals surface area contributed by atoms with Crippen LogP contribution in [0, 0.1) is 10.8 Å². The highest BCUT2D eigenvalue weighted by Crippen LogP contribution is 2.51. The molecular formula is C17H30N2O5. The number of carbonyl (C=O) groups excluding carboxylic acids is 1. The van der Waals surface area contributed by atoms with Gasteiger partial charge < -0.3 is 20.4 Å². The Hall–Kier alpha value is -0.570. The number of aliphatic hydroxyl groups is 4. The van der Waals surface area contributed by atoms with E-state index >= 15 is 0 Å². The van der Waals surface area contributed by atoms with Gasteiger partial charge in [-0.2, -0.15) is 0 Å². The van der Waals surface area contributed by atoms with Gasteiger partial charge in [0.15, 0.2) is 0 Å². The third-order valence-corrected chi connectivity index (χ3v) is 6.14. The van der Waals surface area contributed by atoms with Crippen molar-refractivity contribution in [3.63, 3.8) is 0 Å². The molecule has 4 aliphatic heterocycles. The average molecular weight is 342 g/mol. The van der Waals surface area contributed by atoms with Crippen LogP contribution < -0.4 is 0 Å². The number of nitrogens with zero attached hydrogens (tertiary/aromatic N) is 2. The van der Waals surface area contributed by atoms with E-state index in [-0.39, 0.29) is 5.41 Å². The van der Waals surface area contributed by atoms with Gasteiger partial charge in [0.1, 0.15) is 24.1 Å². The van der Waals surface area contributed by atoms with Gasteiger partial charge in [-0.05, 0) is 6.42 Å². The SMILES string of the molecule is CCCCC12CN3CC(C)(CN(C1)C3[C@H](O)[C@@H](O)[C@H](O)CO)C2=O. The number of aliphatic hydroxyl groups excluding tert-OH is 4. The molecule has 0 aliphatic carbocycles. The number of hydrogen-bond donors (Lipinski definition) is 4. The molecule has 7 nitrogen and oxygen atoms in total. The van der Waals surface area contributed by atoms with Crippen molar-refractivity contribution in [3.05, 3.63) is 0 Å². The van der Waals surface area contributed by atoms with E-state index < -0.39 is 36.5 Å². The second kappa shape index (κ2) is 6.30. The van der Waals surface area contributed by atoms with Gasteiger partial charge in [-0.3, -0.25) is 14.6 Å². The van der Waals surface area contributed by atoms with E-state index in [1.807, 2.05) is 6.92 Å². The number of ketones is 1. The normalized spacial score (nSPS) is 44.6. The van der Waals surface area contributed by atoms with Crippen LogP contribution in [0.4, 0.5) is 0 Å². The molecule has 0 amide bonds. The lowest BCUT2D eigenvalue weighted by Gasteiger charge is -2.66. The molecule has 0 saturated carbocycles. The highest BCUT2D eigenvalue weighted by Gasteiger charge is 2.64. The third kappa shape index (κ3) is 2.62. The van der Waals surface area contributed by atoms with Crippen molar-refractivity contribution in [2.24, 2.45) is 10.8 Å². The number of piperidine rings is 2. The van der Waals surface area contributed by atoms with E-state index in [2.05, 4.69) is 16.7 Å². The Morgan fingerprint density at radius 2 is 1.75 bits per heavy atom. The predicted molar refractivity (Wildman–Crippen MR) is 87.1 cm³/mol. The van der Waals surface area contributed by atoms with Gasteiger partial charge in [0.05, 0.1) is 23.6 Å². The smallest absolute Gasteiger partial charge is 0.150 e. The summed E-state index contributed by atoms with van der Waals surface area (Å²) in [5, 5.41) is 39.4. The summed E-state index contributed by atoms with van der Waals surface area (Å²) in [4.78, 5) is 17.2. The number of unbranched alkanes of at least 4 members (excludes halogenated alkanes) is 1. The van der Waals surface area contributed by atoms with Crippen molar-refractivity contribution < 1.29 is 25.2 Å². The maximum Gasteiger partial charge on any atom is 0.150 e. The molecule has 4 fully saturated rings. The lowest BCUT2D eigenvalue weighted by Crippen LogP contribution is -2.81. The molecule has 2 unspecified atom stereocenters. The van der Waals surface area contributed by atoms with Crippen LogP contribution >= 0.6 is 0 Å². The summed E-state index contributed by atoms with van der Waals surface area (Å²) in [5.41, 5.74) is -0.807. The lowest BCUT2D eigenvalue weighted by atomic mass is 9.59. The van der Waals surface area contributed by atoms with Crippen molar-refractivity contribution >= 4 is 5.78 Å². The van der Waals surface area contributed by atoms with Crippen molar-refractivity contribution in [1.82, 2.24) is 9.80 Å². The van der Waals surface area contributed by atoms with Gasteiger partial charge in [0.25, 0.3) is 0 Å². The molecule has 0 aromatic heterocycles. The summed E-state index contributed by atoms with van der Waals surface area (Å²) in [6, 6.07) is 0. The summed E-state index contributed by atoms with van der Waals surface area (Å²) in [6.07, 6.45) is -1.48. The Kier molecular flexibility index (Phi) is 4.79. The van der Waals surface area contributed by atoms with Crippen molar-refractivity contribution in [2.75, 3.05) is 32.8 Å². The van der Waals surface area contributed by atoms with Crippen LogP contribution in [0.5, 0.6) is 0 Å². The molecule has 5 atom stereocenters. The zero-order valence-electron chi connectivity index (χ0n) is 14.6. The standard InChI is InChI=1S/C17H30N2O5/c1-3-4-5-17-9-18-7-16(2,15(17)24)8-19(10-17)14(18)13(23)12(22)11(21)6-20/h11-14,20-23H,3-10H2,1-2H3/t11-,12+,13-,14?,16?,17?/m1/s1. The summed E-state index contributed by atoms with van der Waals surface area (Å²) < 4.78 is 0. The third-order valence-electron chi connectivity index (χ3n) is 6.14. The molecule has 4 N–H and O–H groups in total. The van der Waals surface area contributed by atoms with Crippen molar-refractivity contribution in [3.8, 4) is 0 Å². The largest absolute Gasteiger partial charge is 0.394 e. The Labute approximate surface area is 142 Å². The first-order valence-electron chi connectivity index (χ1n) is 8.96. The highest BCUT2D eigenvalue weighted by molar-refractivity contribution is 5.93. The summed E-state index contributed by atoms with van der Waals surface area (Å²) in [5.74, 6) is 0.347. The first-order chi connectivity index (χ1) is 11.3. The zero-order chi connectivity index (χ0) is 17.7. The minimum absolute atomic E-state index is 0.347. The fourth-order valence-electron chi connectivity index (χ4n) is 5.15. The summed E-state index contributed by atoms with van der Waals surface area (Å²) in [7, 11) is 0. The zero-order valence-corrected chi connectivity index (χ0v) is 14.6. The molecule has 0 spiro atoms. The molecule has 4 rings (SSSR count). The Morgan fingerprint density at radius 1 is 1.17 bits per heavy atom. The number of hydrogen-bond acceptors (Lipinski definition) is 7. The van der Waals surface area contributed by atoms with Gasteiger partial charge in [-0.15, -0.1) is 0 Å². The lowest BCUT2D eigenvalue weighted by molar-refractivity contribution is -0.229. The van der Waals surface area contributed by atoms with Gasteiger partial charge in [0.2, 0.25) is 0 Å². The second-order valence-corrected chi connectivity index (χ2v) is 8.23.